The second kappa shape index (κ2) is 4.39. The zero-order chi connectivity index (χ0) is 12.6. The second-order valence-electron chi connectivity index (χ2n) is 5.55. The Morgan fingerprint density at radius 2 is 2.06 bits per heavy atom. The predicted molar refractivity (Wildman–Crippen MR) is 70.9 cm³/mol. The van der Waals surface area contributed by atoms with Gasteiger partial charge in [-0.05, 0) is 31.2 Å². The molecule has 1 aromatic rings. The van der Waals surface area contributed by atoms with Gasteiger partial charge in [-0.3, -0.25) is 4.79 Å². The number of hydrogen-bond acceptors (Lipinski definition) is 2. The van der Waals surface area contributed by atoms with E-state index in [-0.39, 0.29) is 17.4 Å². The maximum Gasteiger partial charge on any atom is 0.230 e. The first-order valence-electron chi connectivity index (χ1n) is 6.83. The normalized spacial score (nSPS) is 25.2. The Labute approximate surface area is 108 Å². The highest BCUT2D eigenvalue weighted by Crippen LogP contribution is 2.48. The Morgan fingerprint density at radius 3 is 2.67 bits per heavy atom. The van der Waals surface area contributed by atoms with E-state index in [1.54, 1.807) is 0 Å². The summed E-state index contributed by atoms with van der Waals surface area (Å²) in [7, 11) is 0. The fourth-order valence-electron chi connectivity index (χ4n) is 2.99. The molecule has 0 aromatic heterocycles. The molecule has 1 amide bonds. The van der Waals surface area contributed by atoms with Crippen LogP contribution in [0.2, 0.25) is 0 Å². The minimum Gasteiger partial charge on any atom is -0.335 e. The van der Waals surface area contributed by atoms with Crippen LogP contribution < -0.4 is 5.73 Å². The van der Waals surface area contributed by atoms with Crippen LogP contribution >= 0.6 is 0 Å². The summed E-state index contributed by atoms with van der Waals surface area (Å²) in [4.78, 5) is 14.7. The summed E-state index contributed by atoms with van der Waals surface area (Å²) in [5.74, 6) is 0.288. The molecule has 2 fully saturated rings. The SMILES string of the molecule is NCC1(C(=O)N2CCCC2c2ccccc2)CC1. The molecule has 3 rings (SSSR count). The molecule has 18 heavy (non-hydrogen) atoms. The van der Waals surface area contributed by atoms with E-state index in [4.69, 9.17) is 5.73 Å². The number of likely N-dealkylation sites (tertiary alicyclic amines) is 1. The zero-order valence-corrected chi connectivity index (χ0v) is 10.6. The number of hydrogen-bond donors (Lipinski definition) is 1. The lowest BCUT2D eigenvalue weighted by Crippen LogP contribution is -2.40. The average molecular weight is 244 g/mol. The Balaban J connectivity index is 1.82. The molecule has 1 aliphatic heterocycles. The van der Waals surface area contributed by atoms with Crippen molar-refractivity contribution in [1.29, 1.82) is 0 Å². The van der Waals surface area contributed by atoms with Crippen molar-refractivity contribution in [3.63, 3.8) is 0 Å². The largest absolute Gasteiger partial charge is 0.335 e. The maximum atomic E-state index is 12.6. The van der Waals surface area contributed by atoms with Gasteiger partial charge in [-0.25, -0.2) is 0 Å². The van der Waals surface area contributed by atoms with Gasteiger partial charge in [-0.2, -0.15) is 0 Å². The van der Waals surface area contributed by atoms with Crippen LogP contribution in [0.4, 0.5) is 0 Å². The van der Waals surface area contributed by atoms with Crippen molar-refractivity contribution in [2.45, 2.75) is 31.7 Å². The molecule has 1 atom stereocenters. The van der Waals surface area contributed by atoms with E-state index in [1.165, 1.54) is 5.56 Å². The molecule has 1 saturated carbocycles. The molecule has 1 aromatic carbocycles. The van der Waals surface area contributed by atoms with E-state index in [0.29, 0.717) is 6.54 Å². The molecule has 3 heteroatoms. The number of nitrogens with zero attached hydrogens (tertiary/aromatic N) is 1. The minimum atomic E-state index is -0.211. The van der Waals surface area contributed by atoms with Gasteiger partial charge >= 0.3 is 0 Å². The van der Waals surface area contributed by atoms with Gasteiger partial charge in [0, 0.05) is 13.1 Å². The standard InChI is InChI=1S/C15H20N2O/c16-11-15(8-9-15)14(18)17-10-4-7-13(17)12-5-2-1-3-6-12/h1-3,5-6,13H,4,7-11,16H2. The average Bonchev–Trinajstić information content (AvgIpc) is 3.08. The van der Waals surface area contributed by atoms with E-state index in [9.17, 15) is 4.79 Å². The first-order chi connectivity index (χ1) is 8.77. The molecule has 1 aliphatic carbocycles. The van der Waals surface area contributed by atoms with Crippen molar-refractivity contribution >= 4 is 5.91 Å². The van der Waals surface area contributed by atoms with Crippen molar-refractivity contribution in [1.82, 2.24) is 4.90 Å². The smallest absolute Gasteiger partial charge is 0.230 e. The summed E-state index contributed by atoms with van der Waals surface area (Å²) in [5.41, 5.74) is 6.82. The molecule has 0 spiro atoms. The molecular weight excluding hydrogens is 224 g/mol. The van der Waals surface area contributed by atoms with Gasteiger partial charge < -0.3 is 10.6 Å². The van der Waals surface area contributed by atoms with Crippen LogP contribution in [0, 0.1) is 5.41 Å². The van der Waals surface area contributed by atoms with Crippen LogP contribution in [-0.2, 0) is 4.79 Å². The topological polar surface area (TPSA) is 46.3 Å². The maximum absolute atomic E-state index is 12.6. The summed E-state index contributed by atoms with van der Waals surface area (Å²) in [6, 6.07) is 10.6. The van der Waals surface area contributed by atoms with E-state index in [2.05, 4.69) is 17.0 Å². The van der Waals surface area contributed by atoms with Crippen molar-refractivity contribution in [3.8, 4) is 0 Å². The molecule has 0 bridgehead atoms. The lowest BCUT2D eigenvalue weighted by atomic mass is 10.0. The fraction of sp³-hybridized carbons (Fsp3) is 0.533. The van der Waals surface area contributed by atoms with Gasteiger partial charge in [0.1, 0.15) is 0 Å². The molecule has 2 aliphatic rings. The van der Waals surface area contributed by atoms with Gasteiger partial charge in [-0.1, -0.05) is 30.3 Å². The summed E-state index contributed by atoms with van der Waals surface area (Å²) in [5, 5.41) is 0. The first kappa shape index (κ1) is 11.7. The number of amides is 1. The molecule has 0 radical (unpaired) electrons. The Morgan fingerprint density at radius 1 is 1.33 bits per heavy atom. The van der Waals surface area contributed by atoms with Crippen LogP contribution in [0.25, 0.3) is 0 Å². The van der Waals surface area contributed by atoms with Gasteiger partial charge in [0.05, 0.1) is 11.5 Å². The minimum absolute atomic E-state index is 0.211. The van der Waals surface area contributed by atoms with Crippen LogP contribution in [0.3, 0.4) is 0 Å². The molecule has 96 valence electrons. The van der Waals surface area contributed by atoms with Crippen LogP contribution in [0.1, 0.15) is 37.3 Å². The third-order valence-corrected chi connectivity index (χ3v) is 4.40. The summed E-state index contributed by atoms with van der Waals surface area (Å²) in [6.45, 7) is 1.39. The number of benzene rings is 1. The number of carbonyl (C=O) groups is 1. The Bertz CT molecular complexity index is 439. The first-order valence-corrected chi connectivity index (χ1v) is 6.83. The zero-order valence-electron chi connectivity index (χ0n) is 10.6. The van der Waals surface area contributed by atoms with E-state index in [1.807, 2.05) is 18.2 Å². The van der Waals surface area contributed by atoms with E-state index >= 15 is 0 Å². The molecular formula is C15H20N2O. The third kappa shape index (κ3) is 1.83. The summed E-state index contributed by atoms with van der Waals surface area (Å²) in [6.07, 6.45) is 4.13. The lowest BCUT2D eigenvalue weighted by molar-refractivity contribution is -0.137. The highest BCUT2D eigenvalue weighted by molar-refractivity contribution is 5.86. The van der Waals surface area contributed by atoms with Gasteiger partial charge in [0.2, 0.25) is 5.91 Å². The van der Waals surface area contributed by atoms with Crippen molar-refractivity contribution in [2.24, 2.45) is 11.1 Å². The Hall–Kier alpha value is -1.35. The number of nitrogens with two attached hydrogens (primary N) is 1. The van der Waals surface area contributed by atoms with Gasteiger partial charge in [-0.15, -0.1) is 0 Å². The second-order valence-corrected chi connectivity index (χ2v) is 5.55. The third-order valence-electron chi connectivity index (χ3n) is 4.40. The quantitative estimate of drug-likeness (QED) is 0.885. The van der Waals surface area contributed by atoms with Gasteiger partial charge in [0.25, 0.3) is 0 Å². The van der Waals surface area contributed by atoms with E-state index in [0.717, 1.165) is 32.2 Å². The van der Waals surface area contributed by atoms with Gasteiger partial charge in [0.15, 0.2) is 0 Å². The monoisotopic (exact) mass is 244 g/mol. The summed E-state index contributed by atoms with van der Waals surface area (Å²) >= 11 is 0. The van der Waals surface area contributed by atoms with Crippen LogP contribution in [0.15, 0.2) is 30.3 Å². The van der Waals surface area contributed by atoms with Crippen molar-refractivity contribution < 1.29 is 4.79 Å². The molecule has 1 unspecified atom stereocenters. The number of rotatable bonds is 3. The Kier molecular flexibility index (Phi) is 2.86. The fourth-order valence-corrected chi connectivity index (χ4v) is 2.99. The van der Waals surface area contributed by atoms with Crippen LogP contribution in [0.5, 0.6) is 0 Å². The van der Waals surface area contributed by atoms with Crippen molar-refractivity contribution in [3.05, 3.63) is 35.9 Å². The molecule has 1 heterocycles. The molecule has 1 saturated heterocycles. The highest BCUT2D eigenvalue weighted by Gasteiger charge is 2.52. The highest BCUT2D eigenvalue weighted by atomic mass is 16.2. The summed E-state index contributed by atoms with van der Waals surface area (Å²) < 4.78 is 0. The molecule has 2 N–H and O–H groups in total. The van der Waals surface area contributed by atoms with Crippen LogP contribution in [-0.4, -0.2) is 23.9 Å². The van der Waals surface area contributed by atoms with Crippen molar-refractivity contribution in [2.75, 3.05) is 13.1 Å². The molecule has 3 nitrogen and oxygen atoms in total. The number of carbonyl (C=O) groups excluding carboxylic acids is 1. The van der Waals surface area contributed by atoms with E-state index < -0.39 is 0 Å². The lowest BCUT2D eigenvalue weighted by Gasteiger charge is -2.28. The predicted octanol–water partition coefficient (Wildman–Crippen LogP) is 2.09.